The second kappa shape index (κ2) is 56.9. The monoisotopic (exact) mass is 959 g/mol. The van der Waals surface area contributed by atoms with Gasteiger partial charge in [0.15, 0.2) is 6.10 Å². The van der Waals surface area contributed by atoms with E-state index in [0.717, 1.165) is 89.9 Å². The van der Waals surface area contributed by atoms with Gasteiger partial charge in [0.2, 0.25) is 0 Å². The average molecular weight is 960 g/mol. The highest BCUT2D eigenvalue weighted by atomic mass is 16.6. The van der Waals surface area contributed by atoms with Gasteiger partial charge in [-0.05, 0) is 96.3 Å². The Bertz CT molecular complexity index is 1380. The molecule has 0 amide bonds. The minimum atomic E-state index is -0.816. The fraction of sp³-hybridized carbons (Fsp3) is 0.698. The number of allylic oxidation sites excluding steroid dienone is 16. The zero-order chi connectivity index (χ0) is 50.0. The van der Waals surface area contributed by atoms with Gasteiger partial charge in [-0.25, -0.2) is 0 Å². The van der Waals surface area contributed by atoms with E-state index in [1.165, 1.54) is 128 Å². The SMILES string of the molecule is CC/C=C\C/C=C\C/C=C\C/C=C\C/C=C\CCCC(=O)OC[C@H](COC(=O)CCCC/C=C\C/C=C\C/C=C\CCCCC)OC(=O)CCCCCCCCCCCCCCCCCCCCC. The third-order valence-corrected chi connectivity index (χ3v) is 12.1. The Kier molecular flexibility index (Phi) is 53.9. The van der Waals surface area contributed by atoms with Crippen LogP contribution < -0.4 is 0 Å². The van der Waals surface area contributed by atoms with Gasteiger partial charge in [-0.3, -0.25) is 14.4 Å². The fourth-order valence-corrected chi connectivity index (χ4v) is 7.78. The van der Waals surface area contributed by atoms with Crippen molar-refractivity contribution in [1.82, 2.24) is 0 Å². The highest BCUT2D eigenvalue weighted by molar-refractivity contribution is 5.71. The van der Waals surface area contributed by atoms with Crippen LogP contribution in [0.15, 0.2) is 97.2 Å². The van der Waals surface area contributed by atoms with Crippen molar-refractivity contribution in [2.45, 2.75) is 271 Å². The third-order valence-electron chi connectivity index (χ3n) is 12.1. The summed E-state index contributed by atoms with van der Waals surface area (Å²) < 4.78 is 16.8. The van der Waals surface area contributed by atoms with Gasteiger partial charge >= 0.3 is 17.9 Å². The molecule has 0 fully saturated rings. The molecule has 0 aromatic carbocycles. The summed E-state index contributed by atoms with van der Waals surface area (Å²) in [5, 5.41) is 0. The first kappa shape index (κ1) is 65.3. The predicted octanol–water partition coefficient (Wildman–Crippen LogP) is 19.3. The zero-order valence-corrected chi connectivity index (χ0v) is 45.0. The Morgan fingerprint density at radius 2 is 0.580 bits per heavy atom. The number of hydrogen-bond donors (Lipinski definition) is 0. The number of hydrogen-bond acceptors (Lipinski definition) is 6. The number of ether oxygens (including phenoxy) is 3. The van der Waals surface area contributed by atoms with E-state index in [2.05, 4.69) is 118 Å². The smallest absolute Gasteiger partial charge is 0.306 e. The molecular formula is C63H106O6. The lowest BCUT2D eigenvalue weighted by Crippen LogP contribution is -2.30. The number of carbonyl (C=O) groups excluding carboxylic acids is 3. The molecule has 0 saturated carbocycles. The van der Waals surface area contributed by atoms with Gasteiger partial charge in [0, 0.05) is 19.3 Å². The van der Waals surface area contributed by atoms with E-state index in [9.17, 15) is 14.4 Å². The quantitative estimate of drug-likeness (QED) is 0.0262. The van der Waals surface area contributed by atoms with Crippen molar-refractivity contribution in [3.63, 3.8) is 0 Å². The summed E-state index contributed by atoms with van der Waals surface area (Å²) in [6.07, 6.45) is 75.5. The van der Waals surface area contributed by atoms with Crippen LogP contribution in [0.25, 0.3) is 0 Å². The maximum absolute atomic E-state index is 12.9. The van der Waals surface area contributed by atoms with E-state index in [1.54, 1.807) is 0 Å². The molecule has 0 bridgehead atoms. The summed E-state index contributed by atoms with van der Waals surface area (Å²) in [6.45, 7) is 6.43. The highest BCUT2D eigenvalue weighted by Crippen LogP contribution is 2.16. The molecule has 0 spiro atoms. The van der Waals surface area contributed by atoms with Crippen LogP contribution in [0.1, 0.15) is 265 Å². The molecule has 0 aromatic heterocycles. The minimum Gasteiger partial charge on any atom is -0.462 e. The van der Waals surface area contributed by atoms with E-state index >= 15 is 0 Å². The Hall–Kier alpha value is -3.67. The van der Waals surface area contributed by atoms with Crippen LogP contribution in [-0.4, -0.2) is 37.2 Å². The molecule has 394 valence electrons. The molecule has 0 heterocycles. The van der Waals surface area contributed by atoms with Gasteiger partial charge in [-0.1, -0.05) is 246 Å². The molecule has 0 saturated heterocycles. The molecule has 0 N–H and O–H groups in total. The van der Waals surface area contributed by atoms with Gasteiger partial charge in [0.1, 0.15) is 13.2 Å². The van der Waals surface area contributed by atoms with Crippen molar-refractivity contribution in [3.8, 4) is 0 Å². The Morgan fingerprint density at radius 1 is 0.304 bits per heavy atom. The molecule has 0 aliphatic carbocycles. The van der Waals surface area contributed by atoms with Crippen LogP contribution in [0.2, 0.25) is 0 Å². The molecule has 1 atom stereocenters. The predicted molar refractivity (Wildman–Crippen MR) is 297 cm³/mol. The fourth-order valence-electron chi connectivity index (χ4n) is 7.78. The van der Waals surface area contributed by atoms with Crippen LogP contribution in [0.4, 0.5) is 0 Å². The van der Waals surface area contributed by atoms with Crippen LogP contribution in [0.3, 0.4) is 0 Å². The van der Waals surface area contributed by atoms with E-state index in [-0.39, 0.29) is 37.5 Å². The summed E-state index contributed by atoms with van der Waals surface area (Å²) in [5.41, 5.74) is 0. The second-order valence-corrected chi connectivity index (χ2v) is 18.8. The minimum absolute atomic E-state index is 0.114. The van der Waals surface area contributed by atoms with Crippen molar-refractivity contribution in [2.75, 3.05) is 13.2 Å². The maximum atomic E-state index is 12.9. The van der Waals surface area contributed by atoms with Crippen LogP contribution >= 0.6 is 0 Å². The molecule has 6 nitrogen and oxygen atoms in total. The van der Waals surface area contributed by atoms with E-state index in [4.69, 9.17) is 14.2 Å². The molecule has 0 aromatic rings. The lowest BCUT2D eigenvalue weighted by Gasteiger charge is -2.18. The summed E-state index contributed by atoms with van der Waals surface area (Å²) in [5.74, 6) is -1.00. The number of esters is 3. The van der Waals surface area contributed by atoms with Gasteiger partial charge in [0.25, 0.3) is 0 Å². The van der Waals surface area contributed by atoms with E-state index < -0.39 is 6.10 Å². The number of carbonyl (C=O) groups is 3. The van der Waals surface area contributed by atoms with Crippen LogP contribution in [0, 0.1) is 0 Å². The van der Waals surface area contributed by atoms with E-state index in [1.807, 2.05) is 0 Å². The summed E-state index contributed by atoms with van der Waals surface area (Å²) >= 11 is 0. The Morgan fingerprint density at radius 3 is 0.971 bits per heavy atom. The van der Waals surface area contributed by atoms with Gasteiger partial charge in [-0.2, -0.15) is 0 Å². The Labute approximate surface area is 426 Å². The molecule has 0 aliphatic rings. The highest BCUT2D eigenvalue weighted by Gasteiger charge is 2.19. The van der Waals surface area contributed by atoms with Crippen LogP contribution in [0.5, 0.6) is 0 Å². The third kappa shape index (κ3) is 55.1. The first-order valence-corrected chi connectivity index (χ1v) is 28.7. The van der Waals surface area contributed by atoms with Gasteiger partial charge < -0.3 is 14.2 Å². The molecular weight excluding hydrogens is 853 g/mol. The second-order valence-electron chi connectivity index (χ2n) is 18.8. The van der Waals surface area contributed by atoms with Crippen molar-refractivity contribution >= 4 is 17.9 Å². The van der Waals surface area contributed by atoms with Crippen molar-refractivity contribution < 1.29 is 28.6 Å². The molecule has 69 heavy (non-hydrogen) atoms. The molecule has 0 rings (SSSR count). The lowest BCUT2D eigenvalue weighted by molar-refractivity contribution is -0.167. The first-order valence-electron chi connectivity index (χ1n) is 28.7. The average Bonchev–Trinajstić information content (AvgIpc) is 3.35. The standard InChI is InChI=1S/C63H106O6/c1-4-7-10-13-16-19-22-25-28-30-31-33-36-39-42-45-48-51-54-57-63(66)69-60(58-67-61(64)55-52-49-46-43-40-37-34-27-24-21-18-15-12-9-6-3)59-68-62(65)56-53-50-47-44-41-38-35-32-29-26-23-20-17-14-11-8-5-2/h8,11,17-18,20-21,26-27,29,34-35,38,40,43-44,47,60H,4-7,9-10,12-16,19,22-25,28,30-33,36-37,39,41-42,45-46,48-59H2,1-3H3/b11-8-,20-17-,21-18-,29-26-,34-27-,38-35-,43-40-,47-44-/t60-/m0/s1. The number of rotatable bonds is 51. The Balaban J connectivity index is 4.50. The van der Waals surface area contributed by atoms with Crippen molar-refractivity contribution in [3.05, 3.63) is 97.2 Å². The lowest BCUT2D eigenvalue weighted by atomic mass is 10.0. The molecule has 6 heteroatoms. The van der Waals surface area contributed by atoms with Crippen molar-refractivity contribution in [1.29, 1.82) is 0 Å². The molecule has 0 unspecified atom stereocenters. The number of unbranched alkanes of at least 4 members (excludes halogenated alkanes) is 24. The normalized spacial score (nSPS) is 12.8. The topological polar surface area (TPSA) is 78.9 Å². The van der Waals surface area contributed by atoms with Gasteiger partial charge in [0.05, 0.1) is 0 Å². The summed E-state index contributed by atoms with van der Waals surface area (Å²) in [7, 11) is 0. The van der Waals surface area contributed by atoms with Crippen molar-refractivity contribution in [2.24, 2.45) is 0 Å². The molecule has 0 aliphatic heterocycles. The largest absolute Gasteiger partial charge is 0.462 e. The zero-order valence-electron chi connectivity index (χ0n) is 45.0. The maximum Gasteiger partial charge on any atom is 0.306 e. The van der Waals surface area contributed by atoms with Gasteiger partial charge in [-0.15, -0.1) is 0 Å². The molecule has 0 radical (unpaired) electrons. The summed E-state index contributed by atoms with van der Waals surface area (Å²) in [4.78, 5) is 38.1. The first-order chi connectivity index (χ1) is 34.0. The van der Waals surface area contributed by atoms with Crippen LogP contribution in [-0.2, 0) is 28.6 Å². The summed E-state index contributed by atoms with van der Waals surface area (Å²) in [6, 6.07) is 0. The van der Waals surface area contributed by atoms with E-state index in [0.29, 0.717) is 19.3 Å².